The maximum atomic E-state index is 13.5. The van der Waals surface area contributed by atoms with Crippen LogP contribution < -0.4 is 0 Å². The van der Waals surface area contributed by atoms with Gasteiger partial charge in [0.05, 0.1) is 6.54 Å². The minimum absolute atomic E-state index is 0.237. The van der Waals surface area contributed by atoms with Crippen LogP contribution in [0.2, 0.25) is 0 Å². The Bertz CT molecular complexity index is 1090. The van der Waals surface area contributed by atoms with Crippen LogP contribution in [0.4, 0.5) is 4.39 Å². The van der Waals surface area contributed by atoms with Gasteiger partial charge in [-0.15, -0.1) is 11.3 Å². The van der Waals surface area contributed by atoms with E-state index in [4.69, 9.17) is 10.1 Å². The predicted octanol–water partition coefficient (Wildman–Crippen LogP) is 4.37. The van der Waals surface area contributed by atoms with E-state index in [1.165, 1.54) is 12.1 Å². The first-order valence-electron chi connectivity index (χ1n) is 9.47. The van der Waals surface area contributed by atoms with Crippen molar-refractivity contribution < 1.29 is 4.39 Å². The van der Waals surface area contributed by atoms with E-state index in [1.807, 2.05) is 40.5 Å². The highest BCUT2D eigenvalue weighted by molar-refractivity contribution is 7.09. The molecule has 4 heterocycles. The second-order valence-corrected chi connectivity index (χ2v) is 8.18. The molecule has 5 nitrogen and oxygen atoms in total. The second kappa shape index (κ2) is 7.41. The highest BCUT2D eigenvalue weighted by Crippen LogP contribution is 2.27. The fourth-order valence-electron chi connectivity index (χ4n) is 3.84. The van der Waals surface area contributed by atoms with Crippen molar-refractivity contribution >= 4 is 17.0 Å². The number of aromatic nitrogens is 4. The molecule has 5 rings (SSSR count). The Balaban J connectivity index is 1.38. The van der Waals surface area contributed by atoms with Gasteiger partial charge in [-0.25, -0.2) is 18.9 Å². The van der Waals surface area contributed by atoms with Crippen LogP contribution in [0.15, 0.2) is 54.2 Å². The number of piperidine rings is 1. The first-order valence-corrected chi connectivity index (χ1v) is 10.4. The van der Waals surface area contributed by atoms with Crippen LogP contribution in [-0.4, -0.2) is 37.6 Å². The van der Waals surface area contributed by atoms with E-state index in [0.717, 1.165) is 60.1 Å². The number of pyridine rings is 1. The number of benzene rings is 1. The summed E-state index contributed by atoms with van der Waals surface area (Å²) in [5, 5.41) is 7.93. The Morgan fingerprint density at radius 1 is 1.18 bits per heavy atom. The minimum atomic E-state index is -0.237. The molecule has 0 radical (unpaired) electrons. The number of likely N-dealkylation sites (tertiary alicyclic amines) is 1. The number of hydrogen-bond donors (Lipinski definition) is 0. The van der Waals surface area contributed by atoms with Gasteiger partial charge in [0, 0.05) is 35.8 Å². The summed E-state index contributed by atoms with van der Waals surface area (Å²) in [7, 11) is 0. The molecule has 7 heteroatoms. The third kappa shape index (κ3) is 3.55. The number of nitrogens with zero attached hydrogens (tertiary/aromatic N) is 5. The van der Waals surface area contributed by atoms with Crippen LogP contribution in [-0.2, 0) is 6.54 Å². The van der Waals surface area contributed by atoms with E-state index >= 15 is 0 Å². The Labute approximate surface area is 166 Å². The summed E-state index contributed by atoms with van der Waals surface area (Å²) in [4.78, 5) is 11.6. The highest BCUT2D eigenvalue weighted by Gasteiger charge is 2.25. The molecule has 1 aromatic carbocycles. The van der Waals surface area contributed by atoms with Gasteiger partial charge in [-0.1, -0.05) is 12.1 Å². The van der Waals surface area contributed by atoms with Gasteiger partial charge in [-0.3, -0.25) is 4.90 Å². The lowest BCUT2D eigenvalue weighted by atomic mass is 9.97. The van der Waals surface area contributed by atoms with Crippen molar-refractivity contribution in [2.75, 3.05) is 13.1 Å². The van der Waals surface area contributed by atoms with Crippen molar-refractivity contribution in [3.63, 3.8) is 0 Å². The molecule has 3 aromatic heterocycles. The van der Waals surface area contributed by atoms with E-state index < -0.39 is 0 Å². The van der Waals surface area contributed by atoms with Crippen LogP contribution in [0, 0.1) is 5.82 Å². The van der Waals surface area contributed by atoms with Gasteiger partial charge in [-0.2, -0.15) is 5.10 Å². The number of thiazole rings is 1. The topological polar surface area (TPSA) is 46.3 Å². The smallest absolute Gasteiger partial charge is 0.156 e. The second-order valence-electron chi connectivity index (χ2n) is 7.20. The quantitative estimate of drug-likeness (QED) is 0.516. The largest absolute Gasteiger partial charge is 0.296 e. The molecule has 142 valence electrons. The number of rotatable bonds is 4. The maximum absolute atomic E-state index is 13.5. The molecular weight excluding hydrogens is 373 g/mol. The molecule has 0 amide bonds. The molecule has 1 aliphatic heterocycles. The Kier molecular flexibility index (Phi) is 4.62. The van der Waals surface area contributed by atoms with Gasteiger partial charge >= 0.3 is 0 Å². The van der Waals surface area contributed by atoms with E-state index in [-0.39, 0.29) is 5.82 Å². The monoisotopic (exact) mass is 393 g/mol. The van der Waals surface area contributed by atoms with Gasteiger partial charge in [0.1, 0.15) is 10.8 Å². The molecule has 0 unspecified atom stereocenters. The van der Waals surface area contributed by atoms with Crippen molar-refractivity contribution in [2.45, 2.75) is 25.3 Å². The summed E-state index contributed by atoms with van der Waals surface area (Å²) < 4.78 is 15.4. The zero-order chi connectivity index (χ0) is 18.9. The summed E-state index contributed by atoms with van der Waals surface area (Å²) in [5.74, 6) is 0.978. The minimum Gasteiger partial charge on any atom is -0.296 e. The molecule has 0 bridgehead atoms. The molecule has 0 aliphatic carbocycles. The molecule has 1 fully saturated rings. The van der Waals surface area contributed by atoms with Crippen molar-refractivity contribution in [2.24, 2.45) is 0 Å². The first kappa shape index (κ1) is 17.5. The van der Waals surface area contributed by atoms with Crippen LogP contribution in [0.25, 0.3) is 16.8 Å². The summed E-state index contributed by atoms with van der Waals surface area (Å²) in [5.41, 5.74) is 2.59. The summed E-state index contributed by atoms with van der Waals surface area (Å²) in [6.07, 6.45) is 6.03. The van der Waals surface area contributed by atoms with Crippen LogP contribution in [0.5, 0.6) is 0 Å². The highest BCUT2D eigenvalue weighted by atomic mass is 32.1. The van der Waals surface area contributed by atoms with Crippen LogP contribution in [0.1, 0.15) is 29.6 Å². The van der Waals surface area contributed by atoms with E-state index in [0.29, 0.717) is 5.92 Å². The van der Waals surface area contributed by atoms with E-state index in [1.54, 1.807) is 17.4 Å². The van der Waals surface area contributed by atoms with Crippen molar-refractivity contribution in [1.82, 2.24) is 24.5 Å². The predicted molar refractivity (Wildman–Crippen MR) is 108 cm³/mol. The van der Waals surface area contributed by atoms with Crippen molar-refractivity contribution in [3.05, 3.63) is 70.8 Å². The maximum Gasteiger partial charge on any atom is 0.156 e. The van der Waals surface area contributed by atoms with E-state index in [9.17, 15) is 4.39 Å². The zero-order valence-electron chi connectivity index (χ0n) is 15.3. The molecular formula is C21H20FN5S. The van der Waals surface area contributed by atoms with Gasteiger partial charge in [-0.05, 0) is 49.2 Å². The standard InChI is InChI=1S/C21H20FN5S/c22-18-5-1-3-15(11-18)16-6-7-19-24-21(25-27(19)13-16)17-4-2-9-26(12-17)14-20-23-8-10-28-20/h1,3,5-8,10-11,13,17H,2,4,9,12,14H2/t17-/m1/s1. The molecule has 0 N–H and O–H groups in total. The van der Waals surface area contributed by atoms with Gasteiger partial charge in [0.15, 0.2) is 11.5 Å². The lowest BCUT2D eigenvalue weighted by molar-refractivity contribution is 0.196. The lowest BCUT2D eigenvalue weighted by Gasteiger charge is -2.30. The van der Waals surface area contributed by atoms with Crippen molar-refractivity contribution in [1.29, 1.82) is 0 Å². The molecule has 0 saturated carbocycles. The zero-order valence-corrected chi connectivity index (χ0v) is 16.1. The molecule has 1 aliphatic rings. The van der Waals surface area contributed by atoms with Gasteiger partial charge in [0.25, 0.3) is 0 Å². The average molecular weight is 393 g/mol. The Morgan fingerprint density at radius 3 is 3.00 bits per heavy atom. The third-order valence-electron chi connectivity index (χ3n) is 5.22. The normalized spacial score (nSPS) is 18.0. The third-order valence-corrected chi connectivity index (χ3v) is 5.98. The number of fused-ring (bicyclic) bond motifs is 1. The molecule has 0 spiro atoms. The van der Waals surface area contributed by atoms with Gasteiger partial charge < -0.3 is 0 Å². The van der Waals surface area contributed by atoms with Crippen LogP contribution in [0.3, 0.4) is 0 Å². The number of hydrogen-bond acceptors (Lipinski definition) is 5. The first-order chi connectivity index (χ1) is 13.7. The average Bonchev–Trinajstić information content (AvgIpc) is 3.37. The fourth-order valence-corrected chi connectivity index (χ4v) is 4.50. The number of halogens is 1. The van der Waals surface area contributed by atoms with E-state index in [2.05, 4.69) is 9.88 Å². The Morgan fingerprint density at radius 2 is 2.14 bits per heavy atom. The molecule has 1 saturated heterocycles. The summed E-state index contributed by atoms with van der Waals surface area (Å²) in [6, 6.07) is 10.5. The SMILES string of the molecule is Fc1cccc(-c2ccc3nc([C@@H]4CCCN(Cc5nccs5)C4)nn3c2)c1. The van der Waals surface area contributed by atoms with Crippen LogP contribution >= 0.6 is 11.3 Å². The Hall–Kier alpha value is -2.64. The summed E-state index contributed by atoms with van der Waals surface area (Å²) in [6.45, 7) is 2.94. The lowest BCUT2D eigenvalue weighted by Crippen LogP contribution is -2.34. The molecule has 28 heavy (non-hydrogen) atoms. The fraction of sp³-hybridized carbons (Fsp3) is 0.286. The molecule has 1 atom stereocenters. The summed E-state index contributed by atoms with van der Waals surface area (Å²) >= 11 is 1.70. The van der Waals surface area contributed by atoms with Crippen molar-refractivity contribution in [3.8, 4) is 11.1 Å². The molecule has 4 aromatic rings. The van der Waals surface area contributed by atoms with Gasteiger partial charge in [0.2, 0.25) is 0 Å².